The molecule has 4 heteroatoms. The Morgan fingerprint density at radius 1 is 1.42 bits per heavy atom. The quantitative estimate of drug-likeness (QED) is 0.744. The van der Waals surface area contributed by atoms with Gasteiger partial charge in [-0.3, -0.25) is 9.38 Å². The lowest BCUT2D eigenvalue weighted by Gasteiger charge is -2.01. The van der Waals surface area contributed by atoms with Gasteiger partial charge in [0.2, 0.25) is 0 Å². The van der Waals surface area contributed by atoms with E-state index >= 15 is 0 Å². The Kier molecular flexibility index (Phi) is 1.84. The molecule has 3 nitrogen and oxygen atoms in total. The lowest BCUT2D eigenvalue weighted by Crippen LogP contribution is -1.96. The summed E-state index contributed by atoms with van der Waals surface area (Å²) in [5, 5.41) is 0. The van der Waals surface area contributed by atoms with Crippen LogP contribution in [0.1, 0.15) is 12.6 Å². The summed E-state index contributed by atoms with van der Waals surface area (Å²) in [6.45, 7) is 2.10. The van der Waals surface area contributed by atoms with Crippen LogP contribution < -0.4 is 0 Å². The van der Waals surface area contributed by atoms with E-state index < -0.39 is 0 Å². The Balaban J connectivity index is 2.84. The maximum atomic E-state index is 4.18. The molecule has 0 saturated heterocycles. The highest BCUT2D eigenvalue weighted by molar-refractivity contribution is 9.10. The van der Waals surface area contributed by atoms with Crippen LogP contribution in [0.25, 0.3) is 5.65 Å². The minimum Gasteiger partial charge on any atom is -0.288 e. The van der Waals surface area contributed by atoms with Gasteiger partial charge in [0.15, 0.2) is 5.65 Å². The Bertz CT molecular complexity index is 408. The molecular weight excluding hydrogens is 218 g/mol. The van der Waals surface area contributed by atoms with Gasteiger partial charge in [0, 0.05) is 11.9 Å². The lowest BCUT2D eigenvalue weighted by molar-refractivity contribution is 0.940. The summed E-state index contributed by atoms with van der Waals surface area (Å²) in [6, 6.07) is 0. The number of hydrogen-bond donors (Lipinski definition) is 0. The minimum absolute atomic E-state index is 0.890. The summed E-state index contributed by atoms with van der Waals surface area (Å²) >= 11 is 3.43. The molecule has 0 N–H and O–H groups in total. The van der Waals surface area contributed by atoms with Crippen molar-refractivity contribution in [2.45, 2.75) is 13.3 Å². The molecule has 0 amide bonds. The van der Waals surface area contributed by atoms with E-state index in [4.69, 9.17) is 0 Å². The van der Waals surface area contributed by atoms with Crippen molar-refractivity contribution in [3.05, 3.63) is 28.9 Å². The fourth-order valence-corrected chi connectivity index (χ4v) is 1.73. The van der Waals surface area contributed by atoms with Crippen molar-refractivity contribution in [2.75, 3.05) is 0 Å². The number of aromatic nitrogens is 3. The molecule has 0 aliphatic rings. The van der Waals surface area contributed by atoms with Gasteiger partial charge in [-0.15, -0.1) is 0 Å². The van der Waals surface area contributed by atoms with Crippen LogP contribution in [0.15, 0.2) is 23.2 Å². The smallest absolute Gasteiger partial charge is 0.156 e. The molecule has 0 aliphatic carbocycles. The topological polar surface area (TPSA) is 30.2 Å². The average Bonchev–Trinajstić information content (AvgIpc) is 2.48. The Labute approximate surface area is 78.6 Å². The molecule has 62 valence electrons. The number of fused-ring (bicyclic) bond motifs is 1. The van der Waals surface area contributed by atoms with Crippen molar-refractivity contribution < 1.29 is 0 Å². The average molecular weight is 226 g/mol. The van der Waals surface area contributed by atoms with Gasteiger partial charge >= 0.3 is 0 Å². The van der Waals surface area contributed by atoms with Crippen molar-refractivity contribution in [3.8, 4) is 0 Å². The van der Waals surface area contributed by atoms with Gasteiger partial charge in [-0.25, -0.2) is 4.98 Å². The van der Waals surface area contributed by atoms with Gasteiger partial charge in [0.25, 0.3) is 0 Å². The molecule has 0 fully saturated rings. The first-order valence-corrected chi connectivity index (χ1v) is 4.58. The van der Waals surface area contributed by atoms with Crippen molar-refractivity contribution in [3.63, 3.8) is 0 Å². The maximum Gasteiger partial charge on any atom is 0.156 e. The zero-order chi connectivity index (χ0) is 8.55. The molecule has 0 aromatic carbocycles. The Morgan fingerprint density at radius 3 is 3.00 bits per heavy atom. The van der Waals surface area contributed by atoms with E-state index in [-0.39, 0.29) is 0 Å². The van der Waals surface area contributed by atoms with Crippen molar-refractivity contribution in [2.24, 2.45) is 0 Å². The molecule has 2 aromatic heterocycles. The molecule has 2 heterocycles. The van der Waals surface area contributed by atoms with Gasteiger partial charge in [-0.05, 0) is 22.4 Å². The molecule has 12 heavy (non-hydrogen) atoms. The summed E-state index contributed by atoms with van der Waals surface area (Å²) in [7, 11) is 0. The number of imidazole rings is 1. The van der Waals surface area contributed by atoms with Crippen molar-refractivity contribution in [1.82, 2.24) is 14.4 Å². The largest absolute Gasteiger partial charge is 0.288 e. The Hall–Kier alpha value is -0.900. The highest BCUT2D eigenvalue weighted by atomic mass is 79.9. The zero-order valence-corrected chi connectivity index (χ0v) is 8.24. The van der Waals surface area contributed by atoms with Gasteiger partial charge in [0.05, 0.1) is 12.4 Å². The van der Waals surface area contributed by atoms with E-state index in [1.807, 2.05) is 10.6 Å². The number of hydrogen-bond acceptors (Lipinski definition) is 2. The predicted octanol–water partition coefficient (Wildman–Crippen LogP) is 2.05. The molecule has 2 aromatic rings. The van der Waals surface area contributed by atoms with Crippen LogP contribution in [0.5, 0.6) is 0 Å². The molecule has 0 unspecified atom stereocenters. The predicted molar refractivity (Wildman–Crippen MR) is 50.1 cm³/mol. The first kappa shape index (κ1) is 7.73. The fraction of sp³-hybridized carbons (Fsp3) is 0.250. The number of halogens is 1. The van der Waals surface area contributed by atoms with Gasteiger partial charge < -0.3 is 0 Å². The van der Waals surface area contributed by atoms with Crippen LogP contribution >= 0.6 is 15.9 Å². The van der Waals surface area contributed by atoms with Crippen LogP contribution in [0.3, 0.4) is 0 Å². The van der Waals surface area contributed by atoms with Crippen molar-refractivity contribution in [1.29, 1.82) is 0 Å². The zero-order valence-electron chi connectivity index (χ0n) is 6.66. The molecule has 0 bridgehead atoms. The molecule has 2 rings (SSSR count). The van der Waals surface area contributed by atoms with E-state index in [0.717, 1.165) is 22.4 Å². The second kappa shape index (κ2) is 2.86. The summed E-state index contributed by atoms with van der Waals surface area (Å²) in [6.07, 6.45) is 6.36. The summed E-state index contributed by atoms with van der Waals surface area (Å²) in [4.78, 5) is 8.27. The molecular formula is C8H8BrN3. The first-order chi connectivity index (χ1) is 5.83. The molecule has 0 atom stereocenters. The molecule has 0 aliphatic heterocycles. The van der Waals surface area contributed by atoms with Crippen LogP contribution in [0.4, 0.5) is 0 Å². The molecule has 0 spiro atoms. The monoisotopic (exact) mass is 225 g/mol. The molecule has 0 saturated carbocycles. The maximum absolute atomic E-state index is 4.18. The summed E-state index contributed by atoms with van der Waals surface area (Å²) in [5.74, 6) is 0. The van der Waals surface area contributed by atoms with Gasteiger partial charge in [-0.2, -0.15) is 0 Å². The fourth-order valence-electron chi connectivity index (χ4n) is 1.22. The lowest BCUT2D eigenvalue weighted by atomic mass is 10.3. The van der Waals surface area contributed by atoms with Crippen LogP contribution in [-0.2, 0) is 6.42 Å². The first-order valence-electron chi connectivity index (χ1n) is 3.78. The number of nitrogens with zero attached hydrogens (tertiary/aromatic N) is 3. The van der Waals surface area contributed by atoms with E-state index in [2.05, 4.69) is 32.8 Å². The second-order valence-corrected chi connectivity index (χ2v) is 3.34. The van der Waals surface area contributed by atoms with Gasteiger partial charge in [-0.1, -0.05) is 6.92 Å². The normalized spacial score (nSPS) is 10.8. The van der Waals surface area contributed by atoms with E-state index in [0.29, 0.717) is 0 Å². The van der Waals surface area contributed by atoms with E-state index in [9.17, 15) is 0 Å². The summed E-state index contributed by atoms with van der Waals surface area (Å²) < 4.78 is 3.03. The SMILES string of the molecule is CCc1cncc2ncc(Br)n12. The van der Waals surface area contributed by atoms with Crippen LogP contribution in [0, 0.1) is 0 Å². The van der Waals surface area contributed by atoms with Crippen LogP contribution in [0.2, 0.25) is 0 Å². The minimum atomic E-state index is 0.890. The van der Waals surface area contributed by atoms with Gasteiger partial charge in [0.1, 0.15) is 4.60 Å². The molecule has 0 radical (unpaired) electrons. The standard InChI is InChI=1S/C8H8BrN3/c1-2-6-3-10-5-8-11-4-7(9)12(6)8/h3-5H,2H2,1H3. The summed E-state index contributed by atoms with van der Waals surface area (Å²) in [5.41, 5.74) is 2.05. The third kappa shape index (κ3) is 1.03. The van der Waals surface area contributed by atoms with Crippen molar-refractivity contribution >= 4 is 21.6 Å². The second-order valence-electron chi connectivity index (χ2n) is 2.53. The van der Waals surface area contributed by atoms with E-state index in [1.165, 1.54) is 0 Å². The number of aryl methyl sites for hydroxylation is 1. The highest BCUT2D eigenvalue weighted by Crippen LogP contribution is 2.14. The Morgan fingerprint density at radius 2 is 2.25 bits per heavy atom. The number of rotatable bonds is 1. The third-order valence-corrected chi connectivity index (χ3v) is 2.37. The van der Waals surface area contributed by atoms with E-state index in [1.54, 1.807) is 12.4 Å². The van der Waals surface area contributed by atoms with Crippen LogP contribution in [-0.4, -0.2) is 14.4 Å². The highest BCUT2D eigenvalue weighted by Gasteiger charge is 2.03. The third-order valence-electron chi connectivity index (χ3n) is 1.81.